The van der Waals surface area contributed by atoms with E-state index in [1.54, 1.807) is 0 Å². The molecule has 0 radical (unpaired) electrons. The van der Waals surface area contributed by atoms with Gasteiger partial charge in [0.2, 0.25) is 0 Å². The van der Waals surface area contributed by atoms with Crippen LogP contribution >= 0.6 is 0 Å². The van der Waals surface area contributed by atoms with Crippen LogP contribution in [0, 0.1) is 0 Å². The third-order valence-corrected chi connectivity index (χ3v) is 6.92. The number of hydrogen-bond donors (Lipinski definition) is 0. The topological polar surface area (TPSA) is 42.0 Å². The molecule has 4 rings (SSSR count). The van der Waals surface area contributed by atoms with E-state index in [4.69, 9.17) is 9.47 Å². The van der Waals surface area contributed by atoms with Crippen LogP contribution in [-0.4, -0.2) is 61.8 Å². The molecule has 5 nitrogen and oxygen atoms in total. The fourth-order valence-electron chi connectivity index (χ4n) is 5.03. The van der Waals surface area contributed by atoms with Gasteiger partial charge in [-0.25, -0.2) is 0 Å². The summed E-state index contributed by atoms with van der Waals surface area (Å²) < 4.78 is 95.1. The molecule has 3 aromatic rings. The Balaban J connectivity index is 1.77. The summed E-state index contributed by atoms with van der Waals surface area (Å²) in [5.41, 5.74) is -0.763. The van der Waals surface area contributed by atoms with Crippen LogP contribution in [-0.2, 0) is 12.7 Å². The molecule has 214 valence electrons. The first-order chi connectivity index (χ1) is 18.9. The van der Waals surface area contributed by atoms with Crippen molar-refractivity contribution in [1.82, 2.24) is 9.80 Å². The number of halogens is 6. The average Bonchev–Trinajstić information content (AvgIpc) is 2.92. The van der Waals surface area contributed by atoms with Gasteiger partial charge in [-0.1, -0.05) is 42.5 Å². The standard InChI is InChI=1S/C29H28F6N2O3/c1-39-23-10-6-9-20(14-23)26(29(33,34)35)25-18-36(17-19-7-4-3-5-8-19)11-12-37(25)27(38)21-13-22(28(30,31)32)16-24(15-21)40-2/h3-10,13-16,25-26H,11-12,17-18H2,1-2H3/t25-,26?/m0/s1. The number of alkyl halides is 6. The molecule has 0 N–H and O–H groups in total. The quantitative estimate of drug-likeness (QED) is 0.311. The summed E-state index contributed by atoms with van der Waals surface area (Å²) in [6.07, 6.45) is -9.57. The second kappa shape index (κ2) is 11.8. The van der Waals surface area contributed by atoms with Crippen molar-refractivity contribution in [3.05, 3.63) is 95.1 Å². The zero-order chi connectivity index (χ0) is 29.1. The number of piperazine rings is 1. The van der Waals surface area contributed by atoms with Gasteiger partial charge in [0.15, 0.2) is 0 Å². The average molecular weight is 567 g/mol. The molecule has 0 bridgehead atoms. The highest BCUT2D eigenvalue weighted by molar-refractivity contribution is 5.95. The van der Waals surface area contributed by atoms with Crippen LogP contribution in [0.5, 0.6) is 11.5 Å². The van der Waals surface area contributed by atoms with Crippen LogP contribution in [0.4, 0.5) is 26.3 Å². The molecule has 1 saturated heterocycles. The molecule has 3 aromatic carbocycles. The molecular weight excluding hydrogens is 538 g/mol. The maximum atomic E-state index is 14.8. The van der Waals surface area contributed by atoms with Gasteiger partial charge < -0.3 is 14.4 Å². The van der Waals surface area contributed by atoms with Crippen LogP contribution in [0.3, 0.4) is 0 Å². The Bertz CT molecular complexity index is 1310. The van der Waals surface area contributed by atoms with E-state index in [2.05, 4.69) is 0 Å². The van der Waals surface area contributed by atoms with Gasteiger partial charge in [-0.3, -0.25) is 9.69 Å². The molecule has 40 heavy (non-hydrogen) atoms. The third kappa shape index (κ3) is 6.70. The van der Waals surface area contributed by atoms with E-state index in [-0.39, 0.29) is 36.7 Å². The second-order valence-electron chi connectivity index (χ2n) is 9.53. The Labute approximate surface area is 227 Å². The van der Waals surface area contributed by atoms with Gasteiger partial charge in [0.1, 0.15) is 17.4 Å². The smallest absolute Gasteiger partial charge is 0.416 e. The van der Waals surface area contributed by atoms with Crippen molar-refractivity contribution in [2.45, 2.75) is 30.9 Å². The highest BCUT2D eigenvalue weighted by Crippen LogP contribution is 2.42. The first-order valence-corrected chi connectivity index (χ1v) is 12.4. The molecular formula is C29H28F6N2O3. The lowest BCUT2D eigenvalue weighted by Crippen LogP contribution is -2.59. The number of methoxy groups -OCH3 is 2. The lowest BCUT2D eigenvalue weighted by Gasteiger charge is -2.45. The number of rotatable bonds is 7. The Morgan fingerprint density at radius 2 is 1.57 bits per heavy atom. The highest BCUT2D eigenvalue weighted by Gasteiger charge is 2.50. The van der Waals surface area contributed by atoms with Crippen molar-refractivity contribution in [3.63, 3.8) is 0 Å². The summed E-state index contributed by atoms with van der Waals surface area (Å²) in [5.74, 6) is -3.08. The van der Waals surface area contributed by atoms with E-state index >= 15 is 0 Å². The van der Waals surface area contributed by atoms with Gasteiger partial charge in [0, 0.05) is 31.7 Å². The maximum absolute atomic E-state index is 14.8. The molecule has 0 spiro atoms. The fraction of sp³-hybridized carbons (Fsp3) is 0.345. The van der Waals surface area contributed by atoms with E-state index in [9.17, 15) is 31.1 Å². The molecule has 1 amide bonds. The second-order valence-corrected chi connectivity index (χ2v) is 9.53. The zero-order valence-electron chi connectivity index (χ0n) is 21.8. The summed E-state index contributed by atoms with van der Waals surface area (Å²) in [6.45, 7) is 0.304. The van der Waals surface area contributed by atoms with E-state index in [1.165, 1.54) is 31.4 Å². The van der Waals surface area contributed by atoms with Crippen LogP contribution in [0.15, 0.2) is 72.8 Å². The van der Waals surface area contributed by atoms with Crippen LogP contribution < -0.4 is 9.47 Å². The van der Waals surface area contributed by atoms with E-state index in [0.29, 0.717) is 12.6 Å². The Morgan fingerprint density at radius 3 is 2.20 bits per heavy atom. The summed E-state index contributed by atoms with van der Waals surface area (Å²) in [6, 6.07) is 15.8. The minimum absolute atomic E-state index is 0.113. The van der Waals surface area contributed by atoms with Crippen molar-refractivity contribution >= 4 is 5.91 Å². The highest BCUT2D eigenvalue weighted by atomic mass is 19.4. The van der Waals surface area contributed by atoms with Gasteiger partial charge >= 0.3 is 12.4 Å². The Hall–Kier alpha value is -3.73. The third-order valence-electron chi connectivity index (χ3n) is 6.92. The van der Waals surface area contributed by atoms with Crippen molar-refractivity contribution in [1.29, 1.82) is 0 Å². The van der Waals surface area contributed by atoms with Crippen LogP contribution in [0.2, 0.25) is 0 Å². The molecule has 1 unspecified atom stereocenters. The largest absolute Gasteiger partial charge is 0.497 e. The first-order valence-electron chi connectivity index (χ1n) is 12.4. The molecule has 0 aliphatic carbocycles. The fourth-order valence-corrected chi connectivity index (χ4v) is 5.03. The molecule has 1 aliphatic heterocycles. The number of amides is 1. The van der Waals surface area contributed by atoms with Crippen LogP contribution in [0.1, 0.15) is 33.0 Å². The summed E-state index contributed by atoms with van der Waals surface area (Å²) >= 11 is 0. The van der Waals surface area contributed by atoms with Gasteiger partial charge in [-0.05, 0) is 41.5 Å². The van der Waals surface area contributed by atoms with Gasteiger partial charge in [0.05, 0.1) is 25.8 Å². The van der Waals surface area contributed by atoms with Crippen molar-refractivity contribution in [3.8, 4) is 11.5 Å². The number of nitrogens with zero attached hydrogens (tertiary/aromatic N) is 2. The van der Waals surface area contributed by atoms with Gasteiger partial charge in [-0.2, -0.15) is 26.3 Å². The Kier molecular flexibility index (Phi) is 8.62. The van der Waals surface area contributed by atoms with E-state index < -0.39 is 41.3 Å². The maximum Gasteiger partial charge on any atom is 0.416 e. The molecule has 1 heterocycles. The Morgan fingerprint density at radius 1 is 0.875 bits per heavy atom. The first kappa shape index (κ1) is 29.3. The van der Waals surface area contributed by atoms with E-state index in [0.717, 1.165) is 29.7 Å². The van der Waals surface area contributed by atoms with Crippen molar-refractivity contribution < 1.29 is 40.6 Å². The summed E-state index contributed by atoms with van der Waals surface area (Å²) in [4.78, 5) is 16.6. The predicted octanol–water partition coefficient (Wildman–Crippen LogP) is 6.40. The predicted molar refractivity (Wildman–Crippen MR) is 136 cm³/mol. The van der Waals surface area contributed by atoms with Crippen LogP contribution in [0.25, 0.3) is 0 Å². The molecule has 11 heteroatoms. The lowest BCUT2D eigenvalue weighted by molar-refractivity contribution is -0.167. The zero-order valence-corrected chi connectivity index (χ0v) is 21.8. The number of hydrogen-bond acceptors (Lipinski definition) is 4. The summed E-state index contributed by atoms with van der Waals surface area (Å²) in [5, 5.41) is 0. The minimum atomic E-state index is -4.79. The molecule has 2 atom stereocenters. The summed E-state index contributed by atoms with van der Waals surface area (Å²) in [7, 11) is 2.48. The van der Waals surface area contributed by atoms with Crippen molar-refractivity contribution in [2.75, 3.05) is 33.9 Å². The monoisotopic (exact) mass is 566 g/mol. The number of ether oxygens (including phenoxy) is 2. The number of carbonyl (C=O) groups is 1. The van der Waals surface area contributed by atoms with Gasteiger partial charge in [-0.15, -0.1) is 0 Å². The molecule has 1 fully saturated rings. The molecule has 0 aromatic heterocycles. The SMILES string of the molecule is COc1cccc(C([C@@H]2CN(Cc3ccccc3)CCN2C(=O)c2cc(OC)cc(C(F)(F)F)c2)C(F)(F)F)c1. The molecule has 0 saturated carbocycles. The number of carbonyl (C=O) groups excluding carboxylic acids is 1. The molecule has 1 aliphatic rings. The number of benzene rings is 3. The lowest BCUT2D eigenvalue weighted by atomic mass is 9.87. The normalized spacial score (nSPS) is 17.4. The minimum Gasteiger partial charge on any atom is -0.497 e. The van der Waals surface area contributed by atoms with Gasteiger partial charge in [0.25, 0.3) is 5.91 Å². The van der Waals surface area contributed by atoms with Crippen molar-refractivity contribution in [2.24, 2.45) is 0 Å². The van der Waals surface area contributed by atoms with E-state index in [1.807, 2.05) is 35.2 Å².